The van der Waals surface area contributed by atoms with Crippen LogP contribution in [0.25, 0.3) is 0 Å². The minimum atomic E-state index is -2.81. The van der Waals surface area contributed by atoms with Crippen molar-refractivity contribution in [1.29, 1.82) is 0 Å². The number of esters is 1. The lowest BCUT2D eigenvalue weighted by molar-refractivity contribution is -0.152. The Morgan fingerprint density at radius 1 is 0.754 bits per heavy atom. The van der Waals surface area contributed by atoms with Gasteiger partial charge < -0.3 is 32.5 Å². The Bertz CT molecular complexity index is 2200. The lowest BCUT2D eigenvalue weighted by Crippen LogP contribution is -2.67. The van der Waals surface area contributed by atoms with Crippen LogP contribution in [0.5, 0.6) is 5.75 Å². The molecule has 1 saturated heterocycles. The van der Waals surface area contributed by atoms with Crippen LogP contribution in [0.1, 0.15) is 103 Å². The third-order valence-electron chi connectivity index (χ3n) is 13.7. The van der Waals surface area contributed by atoms with E-state index in [4.69, 9.17) is 32.5 Å². The van der Waals surface area contributed by atoms with Crippen LogP contribution >= 0.6 is 11.8 Å². The second-order valence-electron chi connectivity index (χ2n) is 22.9. The Labute approximate surface area is 423 Å². The van der Waals surface area contributed by atoms with Crippen molar-refractivity contribution in [1.82, 2.24) is 0 Å². The minimum absolute atomic E-state index is 0.00521. The van der Waals surface area contributed by atoms with Gasteiger partial charge in [-0.3, -0.25) is 0 Å². The van der Waals surface area contributed by atoms with Gasteiger partial charge >= 0.3 is 5.97 Å². The average Bonchev–Trinajstić information content (AvgIpc) is 3.60. The Kier molecular flexibility index (Phi) is 19.6. The highest BCUT2D eigenvalue weighted by Crippen LogP contribution is 2.46. The zero-order chi connectivity index (χ0) is 50.8. The second-order valence-corrected chi connectivity index (χ2v) is 38.8. The van der Waals surface area contributed by atoms with Gasteiger partial charge in [0.25, 0.3) is 8.32 Å². The van der Waals surface area contributed by atoms with Crippen molar-refractivity contribution in [2.75, 3.05) is 20.5 Å². The smallest absolute Gasteiger partial charge is 0.342 e. The molecule has 1 aliphatic heterocycles. The molecule has 4 aromatic rings. The van der Waals surface area contributed by atoms with Gasteiger partial charge in [0.1, 0.15) is 17.4 Å². The molecule has 0 saturated carbocycles. The summed E-state index contributed by atoms with van der Waals surface area (Å²) >= 11 is 1.73. The molecule has 0 bridgehead atoms. The van der Waals surface area contributed by atoms with Gasteiger partial charge in [-0.2, -0.15) is 0 Å². The topological polar surface area (TPSA) is 81.7 Å². The summed E-state index contributed by atoms with van der Waals surface area (Å²) in [6.07, 6.45) is 4.58. The van der Waals surface area contributed by atoms with Crippen LogP contribution in [-0.4, -0.2) is 81.4 Å². The van der Waals surface area contributed by atoms with Crippen molar-refractivity contribution in [3.8, 4) is 5.75 Å². The first-order valence-corrected chi connectivity index (χ1v) is 34.3. The molecule has 0 N–H and O–H groups in total. The van der Waals surface area contributed by atoms with Gasteiger partial charge in [-0.25, -0.2) is 4.79 Å². The number of benzene rings is 4. The number of hydrogen-bond donors (Lipinski definition) is 0. The Morgan fingerprint density at radius 3 is 1.87 bits per heavy atom. The summed E-state index contributed by atoms with van der Waals surface area (Å²) in [5.41, 5.74) is 1.28. The van der Waals surface area contributed by atoms with Gasteiger partial charge in [0.15, 0.2) is 20.9 Å². The van der Waals surface area contributed by atoms with E-state index in [0.29, 0.717) is 30.8 Å². The molecule has 12 heteroatoms. The maximum atomic E-state index is 14.2. The van der Waals surface area contributed by atoms with Crippen molar-refractivity contribution < 1.29 is 37.3 Å². The largest absolute Gasteiger partial charge is 0.467 e. The Morgan fingerprint density at radius 2 is 1.33 bits per heavy atom. The van der Waals surface area contributed by atoms with E-state index >= 15 is 0 Å². The average molecular weight is 1010 g/mol. The molecule has 0 amide bonds. The molecule has 0 radical (unpaired) electrons. The lowest BCUT2D eigenvalue weighted by atomic mass is 9.96. The molecular weight excluding hydrogens is 929 g/mol. The van der Waals surface area contributed by atoms with Crippen LogP contribution in [0.4, 0.5) is 0 Å². The monoisotopic (exact) mass is 1010 g/mol. The van der Waals surface area contributed by atoms with Crippen LogP contribution in [-0.2, 0) is 27.8 Å². The summed E-state index contributed by atoms with van der Waals surface area (Å²) in [6.45, 7) is 34.1. The molecule has 1 fully saturated rings. The number of thioether (sulfide) groups is 1. The first-order chi connectivity index (χ1) is 32.3. The number of carbonyl (C=O) groups excluding carboxylic acids is 1. The van der Waals surface area contributed by atoms with E-state index in [1.807, 2.05) is 50.2 Å². The van der Waals surface area contributed by atoms with E-state index in [0.717, 1.165) is 16.5 Å². The molecule has 1 aliphatic rings. The van der Waals surface area contributed by atoms with Crippen LogP contribution in [0.15, 0.2) is 126 Å². The number of ether oxygens (including phenoxy) is 5. The summed E-state index contributed by atoms with van der Waals surface area (Å²) < 4.78 is 46.3. The summed E-state index contributed by atoms with van der Waals surface area (Å²) in [4.78, 5) is 15.3. The normalized spacial score (nSPS) is 18.7. The fraction of sp³-hybridized carbons (Fsp3) is 0.526. The second kappa shape index (κ2) is 23.9. The van der Waals surface area contributed by atoms with E-state index in [9.17, 15) is 4.79 Å². The van der Waals surface area contributed by atoms with Crippen molar-refractivity contribution in [3.63, 3.8) is 0 Å². The Balaban J connectivity index is 1.52. The van der Waals surface area contributed by atoms with Gasteiger partial charge in [-0.1, -0.05) is 171 Å². The fourth-order valence-corrected chi connectivity index (χ4v) is 16.6. The highest BCUT2D eigenvalue weighted by molar-refractivity contribution is 7.99. The molecule has 8 nitrogen and oxygen atoms in total. The molecule has 69 heavy (non-hydrogen) atoms. The maximum absolute atomic E-state index is 14.2. The molecule has 0 aliphatic carbocycles. The molecule has 0 aromatic heterocycles. The SMILES string of the molecule is COCOc1cccc(C(CC[C@@H]2OC(C)(C)O[C@@H]2C(/C=C\[C@@H](C)C(C)O[Si](c2ccccc2)(c2ccccc2)C(C)(C)C)O[Si](C)(C)C(C)(C)C)Sc2ccccc2)c1C(=O)OCC[Si](C)(C)C. The summed E-state index contributed by atoms with van der Waals surface area (Å²) in [7, 11) is -5.06. The van der Waals surface area contributed by atoms with Gasteiger partial charge in [0.05, 0.1) is 18.8 Å². The molecule has 5 rings (SSSR count). The molecule has 0 spiro atoms. The molecule has 3 unspecified atom stereocenters. The number of carbonyl (C=O) groups is 1. The predicted octanol–water partition coefficient (Wildman–Crippen LogP) is 13.8. The quantitative estimate of drug-likeness (QED) is 0.0237. The van der Waals surface area contributed by atoms with E-state index in [-0.39, 0.29) is 46.2 Å². The number of rotatable bonds is 23. The third kappa shape index (κ3) is 15.1. The van der Waals surface area contributed by atoms with Gasteiger partial charge in [-0.05, 0) is 103 Å². The fourth-order valence-electron chi connectivity index (χ4n) is 8.67. The highest BCUT2D eigenvalue weighted by Gasteiger charge is 2.52. The standard InChI is InChI=1S/C57H84O8SSi3/c1-42(43(2)64-69(56(6,7)8,45-29-22-18-23-30-45)46-31-24-19-25-32-46)35-36-50(65-68(15,16)55(3,4)5)53-49(62-57(9,10)63-53)37-38-51(66-44-27-20-17-21-28-44)47-33-26-34-48(61-41-59-11)52(47)54(58)60-39-40-67(12,13)14/h17-36,42-43,49-51,53H,37-41H2,1-16H3/b36-35-/t42-,43?,49+,50?,51?,53+/m1/s1. The van der Waals surface area contributed by atoms with Gasteiger partial charge in [0.2, 0.25) is 0 Å². The van der Waals surface area contributed by atoms with Gasteiger partial charge in [-0.15, -0.1) is 11.8 Å². The van der Waals surface area contributed by atoms with Crippen molar-refractivity contribution >= 4 is 52.8 Å². The molecule has 6 atom stereocenters. The van der Waals surface area contributed by atoms with Crippen LogP contribution < -0.4 is 15.1 Å². The van der Waals surface area contributed by atoms with Crippen molar-refractivity contribution in [3.05, 3.63) is 132 Å². The summed E-state index contributed by atoms with van der Waals surface area (Å²) in [6, 6.07) is 38.7. The molecule has 1 heterocycles. The predicted molar refractivity (Wildman–Crippen MR) is 294 cm³/mol. The first-order valence-electron chi connectivity index (χ1n) is 24.9. The van der Waals surface area contributed by atoms with Crippen LogP contribution in [0.2, 0.25) is 48.9 Å². The molecule has 4 aromatic carbocycles. The maximum Gasteiger partial charge on any atom is 0.342 e. The third-order valence-corrected chi connectivity index (χ3v) is 26.3. The molecular formula is C57H84O8SSi3. The molecule has 378 valence electrons. The minimum Gasteiger partial charge on any atom is -0.467 e. The summed E-state index contributed by atoms with van der Waals surface area (Å²) in [5.74, 6) is -0.761. The van der Waals surface area contributed by atoms with Crippen molar-refractivity contribution in [2.45, 2.75) is 171 Å². The van der Waals surface area contributed by atoms with E-state index in [1.54, 1.807) is 18.9 Å². The van der Waals surface area contributed by atoms with E-state index in [1.165, 1.54) is 10.4 Å². The van der Waals surface area contributed by atoms with E-state index in [2.05, 4.69) is 173 Å². The number of methoxy groups -OCH3 is 1. The van der Waals surface area contributed by atoms with E-state index < -0.39 is 42.7 Å². The van der Waals surface area contributed by atoms with Crippen molar-refractivity contribution in [2.24, 2.45) is 5.92 Å². The van der Waals surface area contributed by atoms with Crippen LogP contribution in [0, 0.1) is 5.92 Å². The summed E-state index contributed by atoms with van der Waals surface area (Å²) in [5, 5.41) is 2.15. The first kappa shape index (κ1) is 56.6. The lowest BCUT2D eigenvalue weighted by Gasteiger charge is -2.45. The zero-order valence-electron chi connectivity index (χ0n) is 44.7. The van der Waals surface area contributed by atoms with Crippen LogP contribution in [0.3, 0.4) is 0 Å². The Hall–Kier alpha value is -3.31. The van der Waals surface area contributed by atoms with Gasteiger partial charge in [0, 0.05) is 31.4 Å². The zero-order valence-corrected chi connectivity index (χ0v) is 48.5. The highest BCUT2D eigenvalue weighted by atomic mass is 32.2. The number of hydrogen-bond acceptors (Lipinski definition) is 9.